The predicted octanol–water partition coefficient (Wildman–Crippen LogP) is 3.31. The first kappa shape index (κ1) is 21.8. The van der Waals surface area contributed by atoms with Crippen LogP contribution in [0.15, 0.2) is 23.8 Å². The van der Waals surface area contributed by atoms with Crippen LogP contribution >= 0.6 is 0 Å². The van der Waals surface area contributed by atoms with Crippen LogP contribution < -0.4 is 0 Å². The average Bonchev–Trinajstić information content (AvgIpc) is 2.88. The summed E-state index contributed by atoms with van der Waals surface area (Å²) in [6, 6.07) is 0. The molecule has 5 heteroatoms. The largest absolute Gasteiger partial charge is 0.455 e. The molecule has 152 valence electrons. The van der Waals surface area contributed by atoms with Crippen molar-refractivity contribution in [3.63, 3.8) is 0 Å². The van der Waals surface area contributed by atoms with E-state index in [-0.39, 0.29) is 41.5 Å². The van der Waals surface area contributed by atoms with Crippen LogP contribution in [0.2, 0.25) is 0 Å². The third-order valence-corrected chi connectivity index (χ3v) is 6.53. The van der Waals surface area contributed by atoms with Gasteiger partial charge in [0, 0.05) is 19.1 Å². The Kier molecular flexibility index (Phi) is 7.03. The predicted molar refractivity (Wildman–Crippen MR) is 104 cm³/mol. The van der Waals surface area contributed by atoms with Gasteiger partial charge in [-0.3, -0.25) is 4.79 Å². The van der Waals surface area contributed by atoms with Crippen LogP contribution in [0.3, 0.4) is 0 Å². The Labute approximate surface area is 162 Å². The average molecular weight is 379 g/mol. The molecule has 0 aromatic carbocycles. The molecule has 7 atom stereocenters. The highest BCUT2D eigenvalue weighted by atomic mass is 16.5. The maximum absolute atomic E-state index is 12.8. The van der Waals surface area contributed by atoms with E-state index >= 15 is 0 Å². The number of allylic oxidation sites excluding steroid dienone is 1. The van der Waals surface area contributed by atoms with Gasteiger partial charge in [0.2, 0.25) is 0 Å². The van der Waals surface area contributed by atoms with Crippen molar-refractivity contribution in [1.29, 1.82) is 0 Å². The Balaban J connectivity index is 2.33. The fraction of sp³-hybridized carbons (Fsp3) is 0.727. The Morgan fingerprint density at radius 1 is 1.37 bits per heavy atom. The van der Waals surface area contributed by atoms with E-state index in [0.29, 0.717) is 12.0 Å². The Morgan fingerprint density at radius 2 is 2.00 bits per heavy atom. The first-order chi connectivity index (χ1) is 12.6. The molecular weight excluding hydrogens is 344 g/mol. The van der Waals surface area contributed by atoms with Gasteiger partial charge in [-0.05, 0) is 50.0 Å². The molecule has 3 unspecified atom stereocenters. The van der Waals surface area contributed by atoms with Crippen LogP contribution in [0.4, 0.5) is 0 Å². The fourth-order valence-corrected chi connectivity index (χ4v) is 4.76. The normalized spacial score (nSPS) is 35.3. The summed E-state index contributed by atoms with van der Waals surface area (Å²) in [4.78, 5) is 25.1. The quantitative estimate of drug-likeness (QED) is 0.436. The lowest BCUT2D eigenvalue weighted by atomic mass is 9.63. The molecular formula is C22H34O5. The molecule has 2 rings (SSSR count). The molecule has 0 aromatic heterocycles. The first-order valence-corrected chi connectivity index (χ1v) is 9.95. The van der Waals surface area contributed by atoms with Crippen molar-refractivity contribution in [2.45, 2.75) is 65.8 Å². The number of hydrogen-bond acceptors (Lipinski definition) is 5. The molecule has 2 saturated carbocycles. The second-order valence-corrected chi connectivity index (χ2v) is 8.41. The molecule has 0 radical (unpaired) electrons. The van der Waals surface area contributed by atoms with E-state index in [1.165, 1.54) is 6.08 Å². The van der Waals surface area contributed by atoms with Crippen LogP contribution in [-0.2, 0) is 19.1 Å². The molecule has 0 heterocycles. The van der Waals surface area contributed by atoms with Gasteiger partial charge >= 0.3 is 5.97 Å². The smallest absolute Gasteiger partial charge is 0.331 e. The van der Waals surface area contributed by atoms with Crippen LogP contribution in [0, 0.1) is 29.6 Å². The molecule has 5 nitrogen and oxygen atoms in total. The number of methoxy groups -OCH3 is 1. The highest BCUT2D eigenvalue weighted by Crippen LogP contribution is 2.53. The van der Waals surface area contributed by atoms with Gasteiger partial charge in [0.25, 0.3) is 0 Å². The van der Waals surface area contributed by atoms with Crippen LogP contribution in [0.5, 0.6) is 0 Å². The Morgan fingerprint density at radius 3 is 2.52 bits per heavy atom. The topological polar surface area (TPSA) is 72.8 Å². The third kappa shape index (κ3) is 4.19. The molecule has 0 bridgehead atoms. The summed E-state index contributed by atoms with van der Waals surface area (Å²) in [6.45, 7) is 14.1. The number of aliphatic hydroxyl groups is 1. The van der Waals surface area contributed by atoms with Gasteiger partial charge in [-0.2, -0.15) is 0 Å². The minimum absolute atomic E-state index is 0.0437. The SMILES string of the molecule is C=C1[C@@H]2C(O)C(=O)C(C(C)OC)[C@H]2[C@H](C(C)C)C[C@H]1OC(=O)/C=C(\C)CC. The molecule has 0 amide bonds. The zero-order valence-electron chi connectivity index (χ0n) is 17.4. The van der Waals surface area contributed by atoms with Gasteiger partial charge in [-0.1, -0.05) is 32.9 Å². The van der Waals surface area contributed by atoms with Crippen molar-refractivity contribution in [2.24, 2.45) is 29.6 Å². The molecule has 2 aliphatic rings. The number of ether oxygens (including phenoxy) is 2. The number of rotatable bonds is 6. The molecule has 0 aliphatic heterocycles. The summed E-state index contributed by atoms with van der Waals surface area (Å²) in [6.07, 6.45) is 1.05. The number of ketones is 1. The number of hydrogen-bond donors (Lipinski definition) is 1. The standard InChI is InChI=1S/C22H34O5/c1-8-12(4)9-17(23)27-16-10-15(11(2)3)20-18(13(16)5)21(24)22(25)19(20)14(6)26-7/h9,11,14-16,18-21,24H,5,8,10H2,1-4,6-7H3/b12-9+/t14?,15-,16+,18-,19?,20-,21?/m0/s1. The van der Waals surface area contributed by atoms with Gasteiger partial charge in [0.1, 0.15) is 12.2 Å². The lowest BCUT2D eigenvalue weighted by Crippen LogP contribution is -2.44. The van der Waals surface area contributed by atoms with E-state index in [1.54, 1.807) is 7.11 Å². The van der Waals surface area contributed by atoms with Crippen LogP contribution in [-0.4, -0.2) is 42.3 Å². The van der Waals surface area contributed by atoms with E-state index in [0.717, 1.165) is 12.0 Å². The summed E-state index contributed by atoms with van der Waals surface area (Å²) >= 11 is 0. The van der Waals surface area contributed by atoms with Crippen molar-refractivity contribution in [3.8, 4) is 0 Å². The van der Waals surface area contributed by atoms with E-state index in [4.69, 9.17) is 9.47 Å². The van der Waals surface area contributed by atoms with Gasteiger partial charge in [0.05, 0.1) is 12.0 Å². The number of esters is 1. The van der Waals surface area contributed by atoms with Crippen molar-refractivity contribution in [1.82, 2.24) is 0 Å². The summed E-state index contributed by atoms with van der Waals surface area (Å²) in [5.41, 5.74) is 1.60. The second-order valence-electron chi connectivity index (χ2n) is 8.41. The highest BCUT2D eigenvalue weighted by molar-refractivity contribution is 5.89. The maximum Gasteiger partial charge on any atom is 0.331 e. The summed E-state index contributed by atoms with van der Waals surface area (Å²) < 4.78 is 11.2. The Bertz CT molecular complexity index is 620. The molecule has 0 aromatic rings. The van der Waals surface area contributed by atoms with E-state index in [2.05, 4.69) is 20.4 Å². The number of aliphatic hydroxyl groups excluding tert-OH is 1. The lowest BCUT2D eigenvalue weighted by molar-refractivity contribution is -0.145. The molecule has 2 fully saturated rings. The number of Topliss-reactive ketones (excluding diaryl/α,β-unsaturated/α-hetero) is 1. The second kappa shape index (κ2) is 8.70. The van der Waals surface area contributed by atoms with Gasteiger partial charge in [-0.25, -0.2) is 4.79 Å². The molecule has 0 saturated heterocycles. The van der Waals surface area contributed by atoms with E-state index in [9.17, 15) is 14.7 Å². The zero-order valence-corrected chi connectivity index (χ0v) is 17.4. The van der Waals surface area contributed by atoms with E-state index in [1.807, 2.05) is 20.8 Å². The third-order valence-electron chi connectivity index (χ3n) is 6.53. The van der Waals surface area contributed by atoms with Crippen molar-refractivity contribution >= 4 is 11.8 Å². The molecule has 27 heavy (non-hydrogen) atoms. The van der Waals surface area contributed by atoms with E-state index < -0.39 is 18.1 Å². The summed E-state index contributed by atoms with van der Waals surface area (Å²) in [5.74, 6) is -0.948. The number of carbonyl (C=O) groups is 2. The monoisotopic (exact) mass is 378 g/mol. The minimum atomic E-state index is -1.11. The van der Waals surface area contributed by atoms with Gasteiger partial charge in [0.15, 0.2) is 5.78 Å². The highest BCUT2D eigenvalue weighted by Gasteiger charge is 2.58. The van der Waals surface area contributed by atoms with Crippen LogP contribution in [0.25, 0.3) is 0 Å². The first-order valence-electron chi connectivity index (χ1n) is 9.95. The number of fused-ring (bicyclic) bond motifs is 1. The summed E-state index contributed by atoms with van der Waals surface area (Å²) in [7, 11) is 1.59. The van der Waals surface area contributed by atoms with Gasteiger partial charge < -0.3 is 14.6 Å². The van der Waals surface area contributed by atoms with Crippen molar-refractivity contribution < 1.29 is 24.2 Å². The maximum atomic E-state index is 12.8. The lowest BCUT2D eigenvalue weighted by Gasteiger charge is -2.44. The minimum Gasteiger partial charge on any atom is -0.455 e. The molecule has 2 aliphatic carbocycles. The molecule has 0 spiro atoms. The van der Waals surface area contributed by atoms with Crippen molar-refractivity contribution in [2.75, 3.05) is 7.11 Å². The van der Waals surface area contributed by atoms with Crippen LogP contribution in [0.1, 0.15) is 47.5 Å². The zero-order chi connectivity index (χ0) is 20.5. The van der Waals surface area contributed by atoms with Gasteiger partial charge in [-0.15, -0.1) is 0 Å². The number of carbonyl (C=O) groups excluding carboxylic acids is 2. The van der Waals surface area contributed by atoms with Crippen molar-refractivity contribution in [3.05, 3.63) is 23.8 Å². The summed E-state index contributed by atoms with van der Waals surface area (Å²) in [5, 5.41) is 10.7. The Hall–Kier alpha value is -1.46. The fourth-order valence-electron chi connectivity index (χ4n) is 4.76. The molecule has 1 N–H and O–H groups in total.